The first-order valence-corrected chi connectivity index (χ1v) is 11.5. The van der Waals surface area contributed by atoms with Gasteiger partial charge >= 0.3 is 5.97 Å². The van der Waals surface area contributed by atoms with Gasteiger partial charge in [0.1, 0.15) is 23.2 Å². The Kier molecular flexibility index (Phi) is 6.60. The maximum absolute atomic E-state index is 13.6. The number of halogens is 3. The summed E-state index contributed by atoms with van der Waals surface area (Å²) in [5.74, 6) is -0.838. The number of esters is 1. The molecule has 0 saturated heterocycles. The first-order valence-electron chi connectivity index (χ1n) is 11.1. The molecule has 7 heteroatoms. The van der Waals surface area contributed by atoms with Crippen molar-refractivity contribution in [3.8, 4) is 0 Å². The summed E-state index contributed by atoms with van der Waals surface area (Å²) < 4.78 is 34.7. The smallest absolute Gasteiger partial charge is 0.343 e. The van der Waals surface area contributed by atoms with Crippen LogP contribution in [-0.2, 0) is 11.3 Å². The largest absolute Gasteiger partial charge is 0.422 e. The molecule has 0 unspecified atom stereocenters. The lowest BCUT2D eigenvalue weighted by atomic mass is 10.1. The number of carbonyl (C=O) groups excluding carboxylic acids is 1. The zero-order valence-electron chi connectivity index (χ0n) is 18.9. The minimum absolute atomic E-state index is 0.178. The van der Waals surface area contributed by atoms with E-state index in [1.54, 1.807) is 6.08 Å². The summed E-state index contributed by atoms with van der Waals surface area (Å²) in [7, 11) is 0. The summed E-state index contributed by atoms with van der Waals surface area (Å²) in [6.45, 7) is 0.492. The predicted molar refractivity (Wildman–Crippen MR) is 136 cm³/mol. The second kappa shape index (κ2) is 10.1. The average Bonchev–Trinajstić information content (AvgIpc) is 3.22. The van der Waals surface area contributed by atoms with Crippen LogP contribution in [0, 0.1) is 11.6 Å². The molecule has 0 bridgehead atoms. The van der Waals surface area contributed by atoms with Crippen LogP contribution in [0.3, 0.4) is 0 Å². The van der Waals surface area contributed by atoms with Crippen LogP contribution >= 0.6 is 11.6 Å². The number of ether oxygens (including phenoxy) is 1. The van der Waals surface area contributed by atoms with E-state index in [9.17, 15) is 13.6 Å². The molecule has 0 atom stereocenters. The molecule has 0 radical (unpaired) electrons. The molecule has 1 heterocycles. The van der Waals surface area contributed by atoms with Crippen molar-refractivity contribution >= 4 is 40.4 Å². The maximum Gasteiger partial charge on any atom is 0.343 e. The molecule has 0 aliphatic rings. The molecular formula is C29H19ClF2N2O2. The van der Waals surface area contributed by atoms with E-state index in [4.69, 9.17) is 21.3 Å². The molecule has 0 amide bonds. The van der Waals surface area contributed by atoms with Gasteiger partial charge in [-0.3, -0.25) is 0 Å². The van der Waals surface area contributed by atoms with Crippen LogP contribution < -0.4 is 0 Å². The van der Waals surface area contributed by atoms with Crippen LogP contribution in [0.5, 0.6) is 0 Å². The lowest BCUT2D eigenvalue weighted by Gasteiger charge is -2.12. The van der Waals surface area contributed by atoms with Gasteiger partial charge in [0.2, 0.25) is 0 Å². The molecule has 1 aromatic heterocycles. The number of imidazole rings is 1. The van der Waals surface area contributed by atoms with E-state index >= 15 is 0 Å². The fraction of sp³-hybridized carbons (Fsp3) is 0.0345. The number of fused-ring (bicyclic) bond motifs is 1. The van der Waals surface area contributed by atoms with Crippen molar-refractivity contribution in [2.45, 2.75) is 6.54 Å². The number of rotatable bonds is 6. The Morgan fingerprint density at radius 2 is 1.44 bits per heavy atom. The molecule has 0 saturated carbocycles. The normalized spacial score (nSPS) is 11.6. The van der Waals surface area contributed by atoms with Crippen molar-refractivity contribution in [1.29, 1.82) is 0 Å². The van der Waals surface area contributed by atoms with Crippen LogP contribution in [0.25, 0.3) is 22.9 Å². The molecule has 0 spiro atoms. The van der Waals surface area contributed by atoms with Crippen molar-refractivity contribution in [1.82, 2.24) is 9.55 Å². The monoisotopic (exact) mass is 500 g/mol. The molecule has 5 rings (SSSR count). The van der Waals surface area contributed by atoms with Crippen molar-refractivity contribution in [2.24, 2.45) is 0 Å². The number of aromatic nitrogens is 2. The molecule has 0 fully saturated rings. The highest BCUT2D eigenvalue weighted by atomic mass is 35.5. The van der Waals surface area contributed by atoms with E-state index in [-0.39, 0.29) is 11.3 Å². The fourth-order valence-corrected chi connectivity index (χ4v) is 3.92. The van der Waals surface area contributed by atoms with Crippen LogP contribution in [0.4, 0.5) is 8.78 Å². The quantitative estimate of drug-likeness (QED) is 0.180. The lowest BCUT2D eigenvalue weighted by molar-refractivity contribution is 0.0693. The number of hydrogen-bond acceptors (Lipinski definition) is 3. The molecular weight excluding hydrogens is 482 g/mol. The summed E-state index contributed by atoms with van der Waals surface area (Å²) in [4.78, 5) is 17.6. The van der Waals surface area contributed by atoms with Crippen LogP contribution in [0.2, 0.25) is 5.02 Å². The summed E-state index contributed by atoms with van der Waals surface area (Å²) in [6, 6.07) is 25.8. The minimum atomic E-state index is -0.675. The first kappa shape index (κ1) is 23.5. The van der Waals surface area contributed by atoms with Gasteiger partial charge in [0.05, 0.1) is 16.6 Å². The molecule has 5 aromatic rings. The number of nitrogens with zero attached hydrogens (tertiary/aromatic N) is 2. The minimum Gasteiger partial charge on any atom is -0.422 e. The third-order valence-corrected chi connectivity index (χ3v) is 5.86. The van der Waals surface area contributed by atoms with Gasteiger partial charge in [0.25, 0.3) is 0 Å². The van der Waals surface area contributed by atoms with Gasteiger partial charge in [-0.05, 0) is 78.4 Å². The third kappa shape index (κ3) is 5.19. The van der Waals surface area contributed by atoms with Gasteiger partial charge in [0, 0.05) is 23.2 Å². The van der Waals surface area contributed by atoms with Crippen molar-refractivity contribution in [2.75, 3.05) is 0 Å². The van der Waals surface area contributed by atoms with E-state index in [0.29, 0.717) is 23.0 Å². The second-order valence-corrected chi connectivity index (χ2v) is 8.52. The Labute approximate surface area is 211 Å². The number of hydrogen-bond donors (Lipinski definition) is 0. The zero-order chi connectivity index (χ0) is 25.1. The highest BCUT2D eigenvalue weighted by Crippen LogP contribution is 2.25. The number of benzene rings is 4. The highest BCUT2D eigenvalue weighted by molar-refractivity contribution is 6.30. The number of carbonyl (C=O) groups is 1. The molecule has 0 aliphatic heterocycles. The molecule has 4 nitrogen and oxygen atoms in total. The van der Waals surface area contributed by atoms with Crippen molar-refractivity contribution < 1.29 is 18.3 Å². The molecule has 36 heavy (non-hydrogen) atoms. The Hall–Kier alpha value is -4.29. The second-order valence-electron chi connectivity index (χ2n) is 8.08. The van der Waals surface area contributed by atoms with Gasteiger partial charge in [-0.15, -0.1) is 0 Å². The van der Waals surface area contributed by atoms with E-state index < -0.39 is 17.6 Å². The topological polar surface area (TPSA) is 44.1 Å². The predicted octanol–water partition coefficient (Wildman–Crippen LogP) is 7.37. The lowest BCUT2D eigenvalue weighted by Crippen LogP contribution is -2.07. The summed E-state index contributed by atoms with van der Waals surface area (Å²) in [5.41, 5.74) is 3.32. The average molecular weight is 501 g/mol. The summed E-state index contributed by atoms with van der Waals surface area (Å²) >= 11 is 6.05. The van der Waals surface area contributed by atoms with Gasteiger partial charge in [0.15, 0.2) is 0 Å². The van der Waals surface area contributed by atoms with E-state index in [2.05, 4.69) is 0 Å². The van der Waals surface area contributed by atoms with Gasteiger partial charge < -0.3 is 9.30 Å². The Morgan fingerprint density at radius 1 is 0.833 bits per heavy atom. The van der Waals surface area contributed by atoms with E-state index in [1.807, 2.05) is 53.1 Å². The highest BCUT2D eigenvalue weighted by Gasteiger charge is 2.16. The summed E-state index contributed by atoms with van der Waals surface area (Å²) in [6.07, 6.45) is 1.64. The molecule has 0 N–H and O–H groups in total. The molecule has 0 aliphatic carbocycles. The van der Waals surface area contributed by atoms with Crippen LogP contribution in [0.15, 0.2) is 97.1 Å². The first-order chi connectivity index (χ1) is 17.5. The van der Waals surface area contributed by atoms with Gasteiger partial charge in [-0.25, -0.2) is 18.6 Å². The Bertz CT molecular complexity index is 1560. The standard InChI is InChI=1S/C29H19ClF2N2O2/c30-22-11-5-19(6-12-22)18-34-26-4-2-1-3-25(26)33-28(34)17-27(20-7-13-23(31)14-8-20)36-29(35)21-9-15-24(32)16-10-21/h1-17H,18H2. The Morgan fingerprint density at radius 3 is 2.11 bits per heavy atom. The zero-order valence-corrected chi connectivity index (χ0v) is 19.6. The van der Waals surface area contributed by atoms with Gasteiger partial charge in [-0.1, -0.05) is 35.9 Å². The molecule has 178 valence electrons. The van der Waals surface area contributed by atoms with E-state index in [1.165, 1.54) is 48.5 Å². The summed E-state index contributed by atoms with van der Waals surface area (Å²) in [5, 5.41) is 0.640. The fourth-order valence-electron chi connectivity index (χ4n) is 3.79. The molecule has 4 aromatic carbocycles. The third-order valence-electron chi connectivity index (χ3n) is 5.61. The maximum atomic E-state index is 13.6. The van der Waals surface area contributed by atoms with Crippen LogP contribution in [-0.4, -0.2) is 15.5 Å². The Balaban J connectivity index is 1.60. The van der Waals surface area contributed by atoms with Crippen LogP contribution in [0.1, 0.15) is 27.3 Å². The SMILES string of the molecule is O=C(OC(=Cc1nc2ccccc2n1Cc1ccc(Cl)cc1)c1ccc(F)cc1)c1ccc(F)cc1. The van der Waals surface area contributed by atoms with E-state index in [0.717, 1.165) is 16.6 Å². The van der Waals surface area contributed by atoms with Crippen molar-refractivity contribution in [3.05, 3.63) is 136 Å². The van der Waals surface area contributed by atoms with Crippen molar-refractivity contribution in [3.63, 3.8) is 0 Å². The number of para-hydroxylation sites is 2. The van der Waals surface area contributed by atoms with Gasteiger partial charge in [-0.2, -0.15) is 0 Å².